The van der Waals surface area contributed by atoms with Gasteiger partial charge in [-0.1, -0.05) is 30.3 Å². The van der Waals surface area contributed by atoms with Crippen LogP contribution >= 0.6 is 0 Å². The van der Waals surface area contributed by atoms with Crippen molar-refractivity contribution in [1.29, 1.82) is 0 Å². The molecule has 0 aliphatic heterocycles. The number of carbonyl (C=O) groups excluding carboxylic acids is 1. The number of amides is 1. The molecule has 6 heteroatoms. The van der Waals surface area contributed by atoms with Crippen molar-refractivity contribution in [2.75, 3.05) is 0 Å². The Hall–Kier alpha value is -2.63. The van der Waals surface area contributed by atoms with Gasteiger partial charge in [0.15, 0.2) is 6.04 Å². The van der Waals surface area contributed by atoms with E-state index >= 15 is 0 Å². The van der Waals surface area contributed by atoms with Crippen LogP contribution in [0.2, 0.25) is 0 Å². The summed E-state index contributed by atoms with van der Waals surface area (Å²) in [7, 11) is 1.80. The van der Waals surface area contributed by atoms with Crippen LogP contribution in [0.5, 0.6) is 0 Å². The third-order valence-electron chi connectivity index (χ3n) is 3.80. The molecular weight excluding hydrogens is 282 g/mol. The second-order valence-corrected chi connectivity index (χ2v) is 5.51. The van der Waals surface area contributed by atoms with Crippen molar-refractivity contribution in [3.8, 4) is 0 Å². The molecular formula is C16H17N3O3. The number of rotatable bonds is 5. The fourth-order valence-electron chi connectivity index (χ4n) is 2.49. The second kappa shape index (κ2) is 5.63. The molecule has 2 N–H and O–H groups in total. The molecule has 1 fully saturated rings. The minimum Gasteiger partial charge on any atom is -0.479 e. The third kappa shape index (κ3) is 2.86. The number of carboxylic acid groups (broad SMARTS) is 1. The largest absolute Gasteiger partial charge is 0.479 e. The number of hydrogen-bond acceptors (Lipinski definition) is 3. The summed E-state index contributed by atoms with van der Waals surface area (Å²) < 4.78 is 1.70. The number of aryl methyl sites for hydroxylation is 1. The van der Waals surface area contributed by atoms with Gasteiger partial charge in [-0.3, -0.25) is 9.48 Å². The zero-order valence-electron chi connectivity index (χ0n) is 12.2. The van der Waals surface area contributed by atoms with Gasteiger partial charge in [-0.2, -0.15) is 5.10 Å². The SMILES string of the molecule is Cn1nc(C(=O)N[C@H](C(=O)O)c2ccccc2)cc1C1CC1. The number of aromatic nitrogens is 2. The number of benzene rings is 1. The summed E-state index contributed by atoms with van der Waals surface area (Å²) in [6, 6.07) is 9.29. The van der Waals surface area contributed by atoms with E-state index in [9.17, 15) is 14.7 Å². The highest BCUT2D eigenvalue weighted by Gasteiger charge is 2.29. The Morgan fingerprint density at radius 3 is 2.59 bits per heavy atom. The van der Waals surface area contributed by atoms with E-state index in [-0.39, 0.29) is 5.69 Å². The van der Waals surface area contributed by atoms with Gasteiger partial charge in [-0.05, 0) is 24.5 Å². The molecule has 1 amide bonds. The first-order valence-electron chi connectivity index (χ1n) is 7.19. The van der Waals surface area contributed by atoms with Crippen LogP contribution in [0, 0.1) is 0 Å². The maximum Gasteiger partial charge on any atom is 0.330 e. The van der Waals surface area contributed by atoms with Crippen LogP contribution < -0.4 is 5.32 Å². The molecule has 0 radical (unpaired) electrons. The van der Waals surface area contributed by atoms with Gasteiger partial charge in [-0.25, -0.2) is 4.79 Å². The van der Waals surface area contributed by atoms with Crippen molar-refractivity contribution in [3.05, 3.63) is 53.3 Å². The lowest BCUT2D eigenvalue weighted by Crippen LogP contribution is -2.34. The highest BCUT2D eigenvalue weighted by atomic mass is 16.4. The molecule has 1 atom stereocenters. The van der Waals surface area contributed by atoms with Crippen LogP contribution in [0.3, 0.4) is 0 Å². The van der Waals surface area contributed by atoms with E-state index in [1.165, 1.54) is 0 Å². The standard InChI is InChI=1S/C16H17N3O3/c1-19-13(10-7-8-10)9-12(18-19)15(20)17-14(16(21)22)11-5-3-2-4-6-11/h2-6,9-10,14H,7-8H2,1H3,(H,17,20)(H,21,22)/t14-/m0/s1. The van der Waals surface area contributed by atoms with Crippen molar-refractivity contribution in [3.63, 3.8) is 0 Å². The van der Waals surface area contributed by atoms with E-state index in [0.717, 1.165) is 18.5 Å². The number of nitrogens with zero attached hydrogens (tertiary/aromatic N) is 2. The van der Waals surface area contributed by atoms with Gasteiger partial charge in [0.2, 0.25) is 0 Å². The summed E-state index contributed by atoms with van der Waals surface area (Å²) in [6.07, 6.45) is 2.23. The molecule has 0 saturated heterocycles. The van der Waals surface area contributed by atoms with Gasteiger partial charge < -0.3 is 10.4 Å². The Labute approximate surface area is 127 Å². The molecule has 3 rings (SSSR count). The number of carbonyl (C=O) groups is 2. The molecule has 0 spiro atoms. The van der Waals surface area contributed by atoms with E-state index in [0.29, 0.717) is 11.5 Å². The van der Waals surface area contributed by atoms with Crippen molar-refractivity contribution in [1.82, 2.24) is 15.1 Å². The van der Waals surface area contributed by atoms with E-state index in [1.54, 1.807) is 48.1 Å². The lowest BCUT2D eigenvalue weighted by molar-refractivity contribution is -0.139. The molecule has 1 aliphatic rings. The quantitative estimate of drug-likeness (QED) is 0.882. The summed E-state index contributed by atoms with van der Waals surface area (Å²) >= 11 is 0. The fourth-order valence-corrected chi connectivity index (χ4v) is 2.49. The van der Waals surface area contributed by atoms with Crippen molar-refractivity contribution in [2.45, 2.75) is 24.8 Å². The highest BCUT2D eigenvalue weighted by Crippen LogP contribution is 2.39. The molecule has 114 valence electrons. The second-order valence-electron chi connectivity index (χ2n) is 5.51. The third-order valence-corrected chi connectivity index (χ3v) is 3.80. The summed E-state index contributed by atoms with van der Waals surface area (Å²) in [6.45, 7) is 0. The molecule has 1 aromatic heterocycles. The normalized spacial score (nSPS) is 15.3. The monoisotopic (exact) mass is 299 g/mol. The summed E-state index contributed by atoms with van der Waals surface area (Å²) in [5.41, 5.74) is 1.81. The Morgan fingerprint density at radius 1 is 1.32 bits per heavy atom. The van der Waals surface area contributed by atoms with Crippen molar-refractivity contribution < 1.29 is 14.7 Å². The van der Waals surface area contributed by atoms with Crippen LogP contribution in [0.1, 0.15) is 46.5 Å². The zero-order valence-corrected chi connectivity index (χ0v) is 12.2. The first kappa shape index (κ1) is 14.3. The maximum absolute atomic E-state index is 12.3. The van der Waals surface area contributed by atoms with Gasteiger partial charge in [0.1, 0.15) is 5.69 Å². The minimum atomic E-state index is -1.10. The van der Waals surface area contributed by atoms with Gasteiger partial charge >= 0.3 is 5.97 Å². The van der Waals surface area contributed by atoms with Crippen LogP contribution in [0.4, 0.5) is 0 Å². The van der Waals surface area contributed by atoms with E-state index in [2.05, 4.69) is 10.4 Å². The van der Waals surface area contributed by atoms with Crippen molar-refractivity contribution >= 4 is 11.9 Å². The van der Waals surface area contributed by atoms with Crippen molar-refractivity contribution in [2.24, 2.45) is 7.05 Å². The predicted molar refractivity (Wildman–Crippen MR) is 79.5 cm³/mol. The Morgan fingerprint density at radius 2 is 2.00 bits per heavy atom. The number of hydrogen-bond donors (Lipinski definition) is 2. The Bertz CT molecular complexity index is 705. The average Bonchev–Trinajstić information content (AvgIpc) is 3.27. The molecule has 1 saturated carbocycles. The van der Waals surface area contributed by atoms with Gasteiger partial charge in [0.25, 0.3) is 5.91 Å². The average molecular weight is 299 g/mol. The minimum absolute atomic E-state index is 0.256. The number of carboxylic acids is 1. The molecule has 22 heavy (non-hydrogen) atoms. The first-order valence-corrected chi connectivity index (χ1v) is 7.19. The summed E-state index contributed by atoms with van der Waals surface area (Å²) in [4.78, 5) is 23.7. The Balaban J connectivity index is 1.79. The molecule has 1 aliphatic carbocycles. The topological polar surface area (TPSA) is 84.2 Å². The molecule has 0 bridgehead atoms. The van der Waals surface area contributed by atoms with Crippen LogP contribution in [-0.4, -0.2) is 26.8 Å². The van der Waals surface area contributed by atoms with Gasteiger partial charge in [-0.15, -0.1) is 0 Å². The smallest absolute Gasteiger partial charge is 0.330 e. The fraction of sp³-hybridized carbons (Fsp3) is 0.312. The molecule has 0 unspecified atom stereocenters. The summed E-state index contributed by atoms with van der Waals surface area (Å²) in [5.74, 6) is -1.10. The molecule has 2 aromatic rings. The van der Waals surface area contributed by atoms with Gasteiger partial charge in [0.05, 0.1) is 0 Å². The lowest BCUT2D eigenvalue weighted by atomic mass is 10.1. The van der Waals surface area contributed by atoms with Crippen LogP contribution in [-0.2, 0) is 11.8 Å². The van der Waals surface area contributed by atoms with Crippen LogP contribution in [0.15, 0.2) is 36.4 Å². The van der Waals surface area contributed by atoms with E-state index in [1.807, 2.05) is 0 Å². The molecule has 6 nitrogen and oxygen atoms in total. The summed E-state index contributed by atoms with van der Waals surface area (Å²) in [5, 5.41) is 16.1. The molecule has 1 aromatic carbocycles. The number of nitrogens with one attached hydrogen (secondary N) is 1. The lowest BCUT2D eigenvalue weighted by Gasteiger charge is -2.13. The van der Waals surface area contributed by atoms with Gasteiger partial charge in [0, 0.05) is 18.7 Å². The predicted octanol–water partition coefficient (Wildman–Crippen LogP) is 1.85. The zero-order chi connectivity index (χ0) is 15.7. The highest BCUT2D eigenvalue weighted by molar-refractivity contribution is 5.95. The number of aliphatic carboxylic acids is 1. The van der Waals surface area contributed by atoms with E-state index in [4.69, 9.17) is 0 Å². The molecule has 1 heterocycles. The van der Waals surface area contributed by atoms with Crippen LogP contribution in [0.25, 0.3) is 0 Å². The maximum atomic E-state index is 12.3. The Kier molecular flexibility index (Phi) is 3.66. The van der Waals surface area contributed by atoms with E-state index < -0.39 is 17.9 Å². The first-order chi connectivity index (χ1) is 10.6.